The van der Waals surface area contributed by atoms with E-state index in [2.05, 4.69) is 0 Å². The number of ether oxygens (including phenoxy) is 1. The van der Waals surface area contributed by atoms with Crippen LogP contribution in [0.15, 0.2) is 18.2 Å². The highest BCUT2D eigenvalue weighted by molar-refractivity contribution is 5.96. The van der Waals surface area contributed by atoms with Gasteiger partial charge >= 0.3 is 0 Å². The Morgan fingerprint density at radius 1 is 1.36 bits per heavy atom. The zero-order valence-electron chi connectivity index (χ0n) is 8.96. The molecule has 0 aliphatic rings. The fraction of sp³-hybridized carbons (Fsp3) is 0.417. The van der Waals surface area contributed by atoms with Crippen LogP contribution in [0.4, 0.5) is 0 Å². The van der Waals surface area contributed by atoms with Crippen LogP contribution in [0.1, 0.15) is 36.7 Å². The summed E-state index contributed by atoms with van der Waals surface area (Å²) in [5, 5.41) is 0. The van der Waals surface area contributed by atoms with Crippen molar-refractivity contribution in [2.24, 2.45) is 0 Å². The summed E-state index contributed by atoms with van der Waals surface area (Å²) in [6, 6.07) is 5.70. The summed E-state index contributed by atoms with van der Waals surface area (Å²) >= 11 is 0. The number of benzene rings is 1. The number of aryl methyl sites for hydroxylation is 1. The Balaban J connectivity index is 3.07. The molecule has 0 saturated carbocycles. The van der Waals surface area contributed by atoms with Crippen LogP contribution in [0.3, 0.4) is 0 Å². The van der Waals surface area contributed by atoms with Gasteiger partial charge in [0.2, 0.25) is 0 Å². The lowest BCUT2D eigenvalue weighted by molar-refractivity contribution is 0.101. The van der Waals surface area contributed by atoms with Crippen LogP contribution in [0.2, 0.25) is 0 Å². The van der Waals surface area contributed by atoms with E-state index in [1.807, 2.05) is 32.0 Å². The van der Waals surface area contributed by atoms with Gasteiger partial charge in [0.15, 0.2) is 5.78 Å². The van der Waals surface area contributed by atoms with Crippen LogP contribution in [0.5, 0.6) is 5.75 Å². The van der Waals surface area contributed by atoms with Gasteiger partial charge in [-0.2, -0.15) is 0 Å². The van der Waals surface area contributed by atoms with Crippen molar-refractivity contribution in [2.75, 3.05) is 6.61 Å². The van der Waals surface area contributed by atoms with E-state index in [0.717, 1.165) is 23.3 Å². The summed E-state index contributed by atoms with van der Waals surface area (Å²) in [7, 11) is 0. The number of Topliss-reactive ketones (excluding diaryl/α,β-unsaturated/α-hetero) is 1. The van der Waals surface area contributed by atoms with Crippen LogP contribution >= 0.6 is 0 Å². The predicted octanol–water partition coefficient (Wildman–Crippen LogP) is 2.85. The molecule has 0 unspecified atom stereocenters. The van der Waals surface area contributed by atoms with E-state index in [1.54, 1.807) is 6.92 Å². The molecule has 2 nitrogen and oxygen atoms in total. The minimum atomic E-state index is 0.100. The number of carbonyl (C=O) groups is 1. The zero-order valence-corrected chi connectivity index (χ0v) is 8.96. The van der Waals surface area contributed by atoms with Crippen LogP contribution in [-0.2, 0) is 6.42 Å². The average Bonchev–Trinajstić information content (AvgIpc) is 2.18. The number of ketones is 1. The van der Waals surface area contributed by atoms with E-state index >= 15 is 0 Å². The number of rotatable bonds is 4. The van der Waals surface area contributed by atoms with E-state index in [4.69, 9.17) is 4.74 Å². The maximum absolute atomic E-state index is 11.3. The Kier molecular flexibility index (Phi) is 3.69. The fourth-order valence-corrected chi connectivity index (χ4v) is 1.45. The summed E-state index contributed by atoms with van der Waals surface area (Å²) in [6.07, 6.45) is 0.876. The molecule has 0 atom stereocenters. The van der Waals surface area contributed by atoms with E-state index in [0.29, 0.717) is 6.61 Å². The first-order valence-electron chi connectivity index (χ1n) is 4.95. The molecule has 0 N–H and O–H groups in total. The zero-order chi connectivity index (χ0) is 10.6. The van der Waals surface area contributed by atoms with Crippen molar-refractivity contribution in [3.8, 4) is 5.75 Å². The molecule has 0 aliphatic carbocycles. The number of hydrogen-bond acceptors (Lipinski definition) is 2. The monoisotopic (exact) mass is 192 g/mol. The molecule has 1 aromatic carbocycles. The van der Waals surface area contributed by atoms with Crippen LogP contribution < -0.4 is 4.74 Å². The van der Waals surface area contributed by atoms with Crippen LogP contribution in [0.25, 0.3) is 0 Å². The minimum Gasteiger partial charge on any atom is -0.494 e. The maximum Gasteiger partial charge on any atom is 0.160 e. The van der Waals surface area contributed by atoms with Crippen molar-refractivity contribution in [3.05, 3.63) is 29.3 Å². The molecule has 0 saturated heterocycles. The first-order chi connectivity index (χ1) is 6.69. The Hall–Kier alpha value is -1.31. The molecule has 0 bridgehead atoms. The average molecular weight is 192 g/mol. The summed E-state index contributed by atoms with van der Waals surface area (Å²) in [5.41, 5.74) is 1.86. The molecule has 0 aliphatic heterocycles. The minimum absolute atomic E-state index is 0.100. The van der Waals surface area contributed by atoms with Gasteiger partial charge in [0.05, 0.1) is 6.61 Å². The van der Waals surface area contributed by atoms with Gasteiger partial charge in [0, 0.05) is 5.56 Å². The lowest BCUT2D eigenvalue weighted by Gasteiger charge is -2.08. The molecule has 1 rings (SSSR count). The molecule has 1 aromatic rings. The van der Waals surface area contributed by atoms with Gasteiger partial charge in [-0.15, -0.1) is 0 Å². The molecule has 0 amide bonds. The second kappa shape index (κ2) is 4.80. The Morgan fingerprint density at radius 3 is 2.57 bits per heavy atom. The SMILES string of the molecule is CCOc1ccc(CC)c(C(C)=O)c1. The first-order valence-corrected chi connectivity index (χ1v) is 4.95. The maximum atomic E-state index is 11.3. The molecule has 0 fully saturated rings. The molecule has 0 radical (unpaired) electrons. The standard InChI is InChI=1S/C12H16O2/c1-4-10-6-7-11(14-5-2)8-12(10)9(3)13/h6-8H,4-5H2,1-3H3. The smallest absolute Gasteiger partial charge is 0.160 e. The lowest BCUT2D eigenvalue weighted by Crippen LogP contribution is -2.00. The van der Waals surface area contributed by atoms with Crippen molar-refractivity contribution < 1.29 is 9.53 Å². The van der Waals surface area contributed by atoms with E-state index in [-0.39, 0.29) is 5.78 Å². The Labute approximate surface area is 84.9 Å². The first kappa shape index (κ1) is 10.8. The highest BCUT2D eigenvalue weighted by Gasteiger charge is 2.06. The van der Waals surface area contributed by atoms with Gasteiger partial charge < -0.3 is 4.74 Å². The summed E-state index contributed by atoms with van der Waals surface area (Å²) in [5.74, 6) is 0.873. The van der Waals surface area contributed by atoms with Crippen molar-refractivity contribution in [3.63, 3.8) is 0 Å². The summed E-state index contributed by atoms with van der Waals surface area (Å²) < 4.78 is 5.34. The fourth-order valence-electron chi connectivity index (χ4n) is 1.45. The Morgan fingerprint density at radius 2 is 2.07 bits per heavy atom. The second-order valence-corrected chi connectivity index (χ2v) is 3.16. The van der Waals surface area contributed by atoms with Gasteiger partial charge in [-0.1, -0.05) is 13.0 Å². The number of hydrogen-bond donors (Lipinski definition) is 0. The van der Waals surface area contributed by atoms with Gasteiger partial charge in [0.25, 0.3) is 0 Å². The Bertz CT molecular complexity index is 329. The van der Waals surface area contributed by atoms with E-state index in [9.17, 15) is 4.79 Å². The third kappa shape index (κ3) is 2.34. The van der Waals surface area contributed by atoms with E-state index < -0.39 is 0 Å². The highest BCUT2D eigenvalue weighted by atomic mass is 16.5. The third-order valence-corrected chi connectivity index (χ3v) is 2.15. The predicted molar refractivity (Wildman–Crippen MR) is 57.0 cm³/mol. The molecule has 2 heteroatoms. The van der Waals surface area contributed by atoms with Crippen molar-refractivity contribution in [1.82, 2.24) is 0 Å². The van der Waals surface area contributed by atoms with Crippen molar-refractivity contribution >= 4 is 5.78 Å². The molecule has 0 aromatic heterocycles. The largest absolute Gasteiger partial charge is 0.494 e. The summed E-state index contributed by atoms with van der Waals surface area (Å²) in [6.45, 7) is 6.19. The van der Waals surface area contributed by atoms with Gasteiger partial charge in [0.1, 0.15) is 5.75 Å². The molecule has 0 spiro atoms. The van der Waals surface area contributed by atoms with Gasteiger partial charge in [-0.05, 0) is 38.0 Å². The quantitative estimate of drug-likeness (QED) is 0.686. The second-order valence-electron chi connectivity index (χ2n) is 3.16. The number of carbonyl (C=O) groups excluding carboxylic acids is 1. The van der Waals surface area contributed by atoms with Crippen LogP contribution in [-0.4, -0.2) is 12.4 Å². The van der Waals surface area contributed by atoms with Gasteiger partial charge in [-0.3, -0.25) is 4.79 Å². The molecule has 0 heterocycles. The molecular formula is C12H16O2. The third-order valence-electron chi connectivity index (χ3n) is 2.15. The molecule has 14 heavy (non-hydrogen) atoms. The van der Waals surface area contributed by atoms with E-state index in [1.165, 1.54) is 0 Å². The van der Waals surface area contributed by atoms with Crippen LogP contribution in [0, 0.1) is 0 Å². The normalized spacial score (nSPS) is 9.93. The van der Waals surface area contributed by atoms with Crippen molar-refractivity contribution in [1.29, 1.82) is 0 Å². The summed E-state index contributed by atoms with van der Waals surface area (Å²) in [4.78, 5) is 11.3. The highest BCUT2D eigenvalue weighted by Crippen LogP contribution is 2.19. The molecular weight excluding hydrogens is 176 g/mol. The van der Waals surface area contributed by atoms with Crippen molar-refractivity contribution in [2.45, 2.75) is 27.2 Å². The molecule has 76 valence electrons. The lowest BCUT2D eigenvalue weighted by atomic mass is 10.0. The topological polar surface area (TPSA) is 26.3 Å². The van der Waals surface area contributed by atoms with Gasteiger partial charge in [-0.25, -0.2) is 0 Å².